The molecule has 10 nitrogen and oxygen atoms in total. The Morgan fingerprint density at radius 3 is 2.52 bits per heavy atom. The number of nitrogens with zero attached hydrogens (tertiary/aromatic N) is 3. The Labute approximate surface area is 259 Å². The molecule has 0 aromatic heterocycles. The number of carbonyl (C=O) groups is 3. The van der Waals surface area contributed by atoms with Crippen molar-refractivity contribution >= 4 is 29.4 Å². The van der Waals surface area contributed by atoms with Crippen LogP contribution in [0.25, 0.3) is 0 Å². The van der Waals surface area contributed by atoms with E-state index in [0.29, 0.717) is 47.5 Å². The highest BCUT2D eigenvalue weighted by molar-refractivity contribution is 6.31. The van der Waals surface area contributed by atoms with Crippen molar-refractivity contribution in [3.63, 3.8) is 0 Å². The number of carbonyl (C=O) groups excluding carboxylic acids is 2. The van der Waals surface area contributed by atoms with Gasteiger partial charge in [-0.2, -0.15) is 0 Å². The molecule has 2 heterocycles. The van der Waals surface area contributed by atoms with Crippen LogP contribution in [0.4, 0.5) is 8.78 Å². The predicted octanol–water partition coefficient (Wildman–Crippen LogP) is 3.93. The molecule has 0 radical (unpaired) electrons. The molecule has 1 fully saturated rings. The molecular formula is C31H36ClF2N5O5. The van der Waals surface area contributed by atoms with E-state index >= 15 is 0 Å². The van der Waals surface area contributed by atoms with Gasteiger partial charge in [0.05, 0.1) is 23.6 Å². The Balaban J connectivity index is 1.55. The van der Waals surface area contributed by atoms with E-state index in [9.17, 15) is 28.3 Å². The van der Waals surface area contributed by atoms with Crippen LogP contribution in [0.15, 0.2) is 47.8 Å². The molecule has 1 aliphatic carbocycles. The molecule has 2 amide bonds. The summed E-state index contributed by atoms with van der Waals surface area (Å²) in [6.07, 6.45) is -0.255. The van der Waals surface area contributed by atoms with Gasteiger partial charge in [0.25, 0.3) is 12.3 Å². The van der Waals surface area contributed by atoms with E-state index in [0.717, 1.165) is 23.4 Å². The number of aliphatic carboxylic acids is 1. The van der Waals surface area contributed by atoms with Gasteiger partial charge < -0.3 is 30.4 Å². The van der Waals surface area contributed by atoms with E-state index in [4.69, 9.17) is 27.9 Å². The second-order valence-electron chi connectivity index (χ2n) is 11.5. The summed E-state index contributed by atoms with van der Waals surface area (Å²) in [4.78, 5) is 43.1. The third-order valence-electron chi connectivity index (χ3n) is 8.84. The minimum atomic E-state index is -2.94. The van der Waals surface area contributed by atoms with Gasteiger partial charge in [0.2, 0.25) is 5.91 Å². The van der Waals surface area contributed by atoms with Gasteiger partial charge >= 0.3 is 5.97 Å². The fourth-order valence-electron chi connectivity index (χ4n) is 6.72. The summed E-state index contributed by atoms with van der Waals surface area (Å²) in [7, 11) is 1.25. The number of halogens is 3. The Kier molecular flexibility index (Phi) is 9.31. The monoisotopic (exact) mass is 631 g/mol. The molecule has 44 heavy (non-hydrogen) atoms. The summed E-state index contributed by atoms with van der Waals surface area (Å²) in [6.45, 7) is 0.254. The number of rotatable bonds is 9. The number of carboxylic acid groups (broad SMARTS) is 1. The molecule has 2 aromatic carbocycles. The molecule has 0 bridgehead atoms. The van der Waals surface area contributed by atoms with Crippen LogP contribution in [-0.2, 0) is 22.6 Å². The van der Waals surface area contributed by atoms with Gasteiger partial charge in [0.1, 0.15) is 18.1 Å². The maximum atomic E-state index is 14.2. The van der Waals surface area contributed by atoms with E-state index in [1.54, 1.807) is 34.1 Å². The molecule has 0 saturated heterocycles. The van der Waals surface area contributed by atoms with Crippen LogP contribution in [-0.4, -0.2) is 70.9 Å². The number of ether oxygens (including phenoxy) is 1. The van der Waals surface area contributed by atoms with E-state index in [1.165, 1.54) is 7.05 Å². The van der Waals surface area contributed by atoms with Crippen molar-refractivity contribution in [1.82, 2.24) is 14.8 Å². The Bertz CT molecular complexity index is 1480. The summed E-state index contributed by atoms with van der Waals surface area (Å²) in [5.41, 5.74) is 7.79. The number of fused-ring (bicyclic) bond motifs is 2. The molecule has 3 atom stereocenters. The van der Waals surface area contributed by atoms with Crippen LogP contribution in [0.1, 0.15) is 58.8 Å². The predicted molar refractivity (Wildman–Crippen MR) is 159 cm³/mol. The number of hydrogen-bond acceptors (Lipinski definition) is 7. The van der Waals surface area contributed by atoms with Crippen LogP contribution >= 0.6 is 11.6 Å². The van der Waals surface area contributed by atoms with Crippen LogP contribution in [0.5, 0.6) is 5.75 Å². The molecule has 2 aromatic rings. The van der Waals surface area contributed by atoms with Gasteiger partial charge in [-0.05, 0) is 48.6 Å². The van der Waals surface area contributed by atoms with Crippen molar-refractivity contribution in [3.8, 4) is 5.75 Å². The van der Waals surface area contributed by atoms with Gasteiger partial charge in [-0.25, -0.2) is 14.6 Å². The number of carboxylic acids is 1. The molecule has 236 valence electrons. The maximum absolute atomic E-state index is 14.2. The molecule has 5 rings (SSSR count). The lowest BCUT2D eigenvalue weighted by molar-refractivity contribution is -0.153. The van der Waals surface area contributed by atoms with Crippen molar-refractivity contribution in [2.24, 2.45) is 23.4 Å². The third kappa shape index (κ3) is 6.05. The fourth-order valence-corrected chi connectivity index (χ4v) is 6.97. The lowest BCUT2D eigenvalue weighted by atomic mass is 9.77. The van der Waals surface area contributed by atoms with Crippen molar-refractivity contribution < 1.29 is 33.0 Å². The third-order valence-corrected chi connectivity index (χ3v) is 9.20. The van der Waals surface area contributed by atoms with Crippen molar-refractivity contribution in [2.75, 3.05) is 26.7 Å². The maximum Gasteiger partial charge on any atom is 0.307 e. The quantitative estimate of drug-likeness (QED) is 0.279. The second kappa shape index (κ2) is 13.0. The van der Waals surface area contributed by atoms with Gasteiger partial charge in [0, 0.05) is 42.8 Å². The highest BCUT2D eigenvalue weighted by atomic mass is 35.5. The van der Waals surface area contributed by atoms with Crippen LogP contribution in [0.3, 0.4) is 0 Å². The summed E-state index contributed by atoms with van der Waals surface area (Å²) in [5.74, 6) is 2.83. The molecular weight excluding hydrogens is 596 g/mol. The molecule has 13 heteroatoms. The fraction of sp³-hybridized carbons (Fsp3) is 0.452. The van der Waals surface area contributed by atoms with Gasteiger partial charge in [-0.1, -0.05) is 42.6 Å². The minimum absolute atomic E-state index is 0.0898. The zero-order valence-corrected chi connectivity index (χ0v) is 25.1. The van der Waals surface area contributed by atoms with Gasteiger partial charge in [-0.15, -0.1) is 0 Å². The van der Waals surface area contributed by atoms with Crippen LogP contribution in [0, 0.1) is 11.8 Å². The second-order valence-corrected chi connectivity index (χ2v) is 11.9. The molecule has 2 aliphatic heterocycles. The first-order chi connectivity index (χ1) is 21.0. The number of amides is 2. The largest absolute Gasteiger partial charge is 0.487 e. The Morgan fingerprint density at radius 2 is 1.86 bits per heavy atom. The van der Waals surface area contributed by atoms with Crippen molar-refractivity contribution in [3.05, 3.63) is 75.1 Å². The number of hydrogen-bond donors (Lipinski definition) is 3. The van der Waals surface area contributed by atoms with E-state index in [1.807, 2.05) is 12.1 Å². The topological polar surface area (TPSA) is 142 Å². The van der Waals surface area contributed by atoms with Crippen molar-refractivity contribution in [2.45, 2.75) is 51.1 Å². The van der Waals surface area contributed by atoms with Crippen LogP contribution in [0.2, 0.25) is 5.02 Å². The van der Waals surface area contributed by atoms with Crippen LogP contribution < -0.4 is 16.3 Å². The first kappa shape index (κ1) is 31.5. The van der Waals surface area contributed by atoms with Crippen molar-refractivity contribution in [1.29, 1.82) is 0 Å². The van der Waals surface area contributed by atoms with E-state index in [2.05, 4.69) is 0 Å². The SMILES string of the molecule is CN(N)/C(=C(\N)COc1ccc(Cl)c2c1[C@@H](CN1Cc3ccccc3C1=O)N(C(=O)[C@@H]1CCCC[C@@H]1C(=O)O)CC2)C(F)F. The number of alkyl halides is 2. The lowest BCUT2D eigenvalue weighted by Crippen LogP contribution is -2.50. The first-order valence-corrected chi connectivity index (χ1v) is 15.0. The normalized spacial score (nSPS) is 22.0. The zero-order valence-electron chi connectivity index (χ0n) is 24.3. The molecule has 0 unspecified atom stereocenters. The number of benzene rings is 2. The molecule has 3 aliphatic rings. The number of nitrogens with two attached hydrogens (primary N) is 2. The van der Waals surface area contributed by atoms with E-state index < -0.39 is 42.6 Å². The molecule has 1 saturated carbocycles. The molecule has 0 spiro atoms. The summed E-state index contributed by atoms with van der Waals surface area (Å²) < 4.78 is 33.3. The highest BCUT2D eigenvalue weighted by Crippen LogP contribution is 2.43. The van der Waals surface area contributed by atoms with E-state index in [-0.39, 0.29) is 36.4 Å². The average Bonchev–Trinajstić information content (AvgIpc) is 3.31. The Hall–Kier alpha value is -3.90. The minimum Gasteiger partial charge on any atom is -0.487 e. The number of allylic oxidation sites excluding steroid dienone is 1. The smallest absolute Gasteiger partial charge is 0.307 e. The van der Waals surface area contributed by atoms with Gasteiger partial charge in [0.15, 0.2) is 0 Å². The summed E-state index contributed by atoms with van der Waals surface area (Å²) >= 11 is 6.66. The Morgan fingerprint density at radius 1 is 1.16 bits per heavy atom. The average molecular weight is 632 g/mol. The lowest BCUT2D eigenvalue weighted by Gasteiger charge is -2.43. The first-order valence-electron chi connectivity index (χ1n) is 14.6. The number of hydrazine groups is 1. The zero-order chi connectivity index (χ0) is 31.7. The van der Waals surface area contributed by atoms with Gasteiger partial charge in [-0.3, -0.25) is 14.4 Å². The highest BCUT2D eigenvalue weighted by Gasteiger charge is 2.44. The molecule has 5 N–H and O–H groups in total. The summed E-state index contributed by atoms with van der Waals surface area (Å²) in [6, 6.07) is 9.75. The standard InChI is InChI=1S/C31H36ClF2N5O5/c1-37(36)27(28(33)34)23(35)16-44-25-11-10-22(32)21-12-13-39(30(41)19-8-4-5-9-20(19)31(42)43)24(26(21)25)15-38-14-17-6-2-3-7-18(17)29(38)40/h2-3,6-7,10-11,19-20,24,28H,4-5,8-9,12-16,35-36H2,1H3,(H,42,43)/b27-23-/t19-,20+,24-/m1/s1. The summed E-state index contributed by atoms with van der Waals surface area (Å²) in [5, 5.41) is 11.1.